The summed E-state index contributed by atoms with van der Waals surface area (Å²) >= 11 is 4.79. The second-order valence-corrected chi connectivity index (χ2v) is 7.95. The van der Waals surface area contributed by atoms with Gasteiger partial charge < -0.3 is 10.1 Å². The molecule has 0 spiro atoms. The van der Waals surface area contributed by atoms with Gasteiger partial charge in [0.2, 0.25) is 5.91 Å². The summed E-state index contributed by atoms with van der Waals surface area (Å²) in [6, 6.07) is 11.8. The molecule has 7 heteroatoms. The molecule has 3 aromatic rings. The topological polar surface area (TPSA) is 51.2 Å². The highest BCUT2D eigenvalue weighted by Crippen LogP contribution is 2.30. The molecule has 0 aliphatic rings. The van der Waals surface area contributed by atoms with E-state index in [1.807, 2.05) is 25.1 Å². The molecule has 4 nitrogen and oxygen atoms in total. The van der Waals surface area contributed by atoms with Gasteiger partial charge in [0.05, 0.1) is 15.0 Å². The third-order valence-electron chi connectivity index (χ3n) is 3.74. The predicted octanol–water partition coefficient (Wildman–Crippen LogP) is 5.52. The average Bonchev–Trinajstić information content (AvgIpc) is 3.02. The van der Waals surface area contributed by atoms with Crippen LogP contribution in [-0.4, -0.2) is 15.7 Å². The number of nitrogens with zero attached hydrogens (tertiary/aromatic N) is 1. The van der Waals surface area contributed by atoms with Gasteiger partial charge in [-0.2, -0.15) is 0 Å². The summed E-state index contributed by atoms with van der Waals surface area (Å²) in [5.74, 6) is 0.352. The molecule has 0 bridgehead atoms. The number of anilines is 1. The smallest absolute Gasteiger partial charge is 0.239 e. The van der Waals surface area contributed by atoms with Gasteiger partial charge in [0, 0.05) is 0 Å². The van der Waals surface area contributed by atoms with Gasteiger partial charge in [0.15, 0.2) is 5.13 Å². The molecular formula is C19H18BrFN2O2S. The lowest BCUT2D eigenvalue weighted by molar-refractivity contribution is -0.115. The summed E-state index contributed by atoms with van der Waals surface area (Å²) in [6.45, 7) is 2.39. The van der Waals surface area contributed by atoms with Crippen molar-refractivity contribution in [1.82, 2.24) is 4.98 Å². The number of carbonyl (C=O) groups is 1. The van der Waals surface area contributed by atoms with Gasteiger partial charge in [0.1, 0.15) is 18.2 Å². The molecule has 1 atom stereocenters. The molecule has 1 aromatic heterocycles. The van der Waals surface area contributed by atoms with E-state index in [-0.39, 0.29) is 16.6 Å². The molecule has 0 unspecified atom stereocenters. The van der Waals surface area contributed by atoms with E-state index in [0.717, 1.165) is 28.6 Å². The Kier molecular flexibility index (Phi) is 6.21. The Hall–Kier alpha value is -1.99. The zero-order valence-corrected chi connectivity index (χ0v) is 16.6. The summed E-state index contributed by atoms with van der Waals surface area (Å²) < 4.78 is 19.6. The quantitative estimate of drug-likeness (QED) is 0.496. The molecule has 1 heterocycles. The number of ether oxygens (including phenoxy) is 1. The zero-order valence-electron chi connectivity index (χ0n) is 14.2. The molecular weight excluding hydrogens is 419 g/mol. The molecule has 0 aliphatic heterocycles. The molecule has 136 valence electrons. The molecule has 2 aromatic carbocycles. The normalized spacial score (nSPS) is 12.1. The number of alkyl halides is 1. The number of amides is 1. The van der Waals surface area contributed by atoms with Crippen LogP contribution in [0.5, 0.6) is 5.75 Å². The summed E-state index contributed by atoms with van der Waals surface area (Å²) in [5.41, 5.74) is 1.70. The van der Waals surface area contributed by atoms with Gasteiger partial charge in [0.25, 0.3) is 0 Å². The molecule has 0 saturated carbocycles. The standard InChI is InChI=1S/C19H18BrFN2O2S/c1-2-3-15(20)18(24)23-19-22-16-9-8-14(10-17(16)26-19)25-11-12-4-6-13(21)7-5-12/h4-10,15H,2-3,11H2,1H3,(H,22,23,24)/t15-/m0/s1. The Bertz CT molecular complexity index is 898. The molecule has 0 radical (unpaired) electrons. The number of carbonyl (C=O) groups excluding carboxylic acids is 1. The monoisotopic (exact) mass is 436 g/mol. The summed E-state index contributed by atoms with van der Waals surface area (Å²) in [4.78, 5) is 16.3. The number of rotatable bonds is 7. The maximum Gasteiger partial charge on any atom is 0.239 e. The molecule has 26 heavy (non-hydrogen) atoms. The van der Waals surface area contributed by atoms with E-state index in [9.17, 15) is 9.18 Å². The van der Waals surface area contributed by atoms with Crippen molar-refractivity contribution < 1.29 is 13.9 Å². The van der Waals surface area contributed by atoms with Crippen molar-refractivity contribution >= 4 is 48.5 Å². The lowest BCUT2D eigenvalue weighted by atomic mass is 10.2. The third-order valence-corrected chi connectivity index (χ3v) is 5.54. The highest BCUT2D eigenvalue weighted by Gasteiger charge is 2.15. The molecule has 0 saturated heterocycles. The highest BCUT2D eigenvalue weighted by atomic mass is 79.9. The van der Waals surface area contributed by atoms with Crippen LogP contribution in [0, 0.1) is 5.82 Å². The molecule has 1 N–H and O–H groups in total. The van der Waals surface area contributed by atoms with Crippen LogP contribution in [0.4, 0.5) is 9.52 Å². The summed E-state index contributed by atoms with van der Waals surface area (Å²) in [6.07, 6.45) is 1.70. The van der Waals surface area contributed by atoms with Crippen LogP contribution in [0.2, 0.25) is 0 Å². The van der Waals surface area contributed by atoms with Crippen molar-refractivity contribution in [2.75, 3.05) is 5.32 Å². The largest absolute Gasteiger partial charge is 0.489 e. The van der Waals surface area contributed by atoms with Crippen molar-refractivity contribution in [2.24, 2.45) is 0 Å². The Balaban J connectivity index is 1.67. The Labute approximate surface area is 163 Å². The van der Waals surface area contributed by atoms with Crippen LogP contribution in [0.25, 0.3) is 10.2 Å². The van der Waals surface area contributed by atoms with Crippen molar-refractivity contribution in [1.29, 1.82) is 0 Å². The first-order valence-corrected chi connectivity index (χ1v) is 10.0. The number of halogens is 2. The SMILES string of the molecule is CCC[C@H](Br)C(=O)Nc1nc2ccc(OCc3ccc(F)cc3)cc2s1. The fraction of sp³-hybridized carbons (Fsp3) is 0.263. The maximum absolute atomic E-state index is 12.9. The molecule has 0 fully saturated rings. The van der Waals surface area contributed by atoms with Gasteiger partial charge in [-0.05, 0) is 42.3 Å². The van der Waals surface area contributed by atoms with E-state index in [4.69, 9.17) is 4.74 Å². The minimum Gasteiger partial charge on any atom is -0.489 e. The second-order valence-electron chi connectivity index (χ2n) is 5.81. The minimum absolute atomic E-state index is 0.0845. The number of benzene rings is 2. The molecule has 0 aliphatic carbocycles. The van der Waals surface area contributed by atoms with E-state index < -0.39 is 0 Å². The zero-order chi connectivity index (χ0) is 18.5. The van der Waals surface area contributed by atoms with Crippen molar-refractivity contribution in [2.45, 2.75) is 31.2 Å². The number of aromatic nitrogens is 1. The van der Waals surface area contributed by atoms with Gasteiger partial charge in [-0.1, -0.05) is 52.7 Å². The van der Waals surface area contributed by atoms with Gasteiger partial charge in [-0.15, -0.1) is 0 Å². The average molecular weight is 437 g/mol. The number of hydrogen-bond donors (Lipinski definition) is 1. The van der Waals surface area contributed by atoms with Gasteiger partial charge in [-0.3, -0.25) is 4.79 Å². The Morgan fingerprint density at radius 1 is 1.31 bits per heavy atom. The van der Waals surface area contributed by atoms with Crippen LogP contribution < -0.4 is 10.1 Å². The first kappa shape index (κ1) is 18.8. The van der Waals surface area contributed by atoms with E-state index >= 15 is 0 Å². The lowest BCUT2D eigenvalue weighted by Gasteiger charge is -2.06. The van der Waals surface area contributed by atoms with Gasteiger partial charge >= 0.3 is 0 Å². The second kappa shape index (κ2) is 8.60. The first-order chi connectivity index (χ1) is 12.5. The predicted molar refractivity (Wildman–Crippen MR) is 107 cm³/mol. The number of nitrogens with one attached hydrogen (secondary N) is 1. The summed E-state index contributed by atoms with van der Waals surface area (Å²) in [5, 5.41) is 3.41. The third kappa shape index (κ3) is 4.80. The van der Waals surface area contributed by atoms with E-state index in [1.165, 1.54) is 23.5 Å². The van der Waals surface area contributed by atoms with Crippen LogP contribution in [0.15, 0.2) is 42.5 Å². The fourth-order valence-electron chi connectivity index (χ4n) is 2.36. The van der Waals surface area contributed by atoms with Crippen molar-refractivity contribution in [3.8, 4) is 5.75 Å². The Morgan fingerprint density at radius 3 is 2.81 bits per heavy atom. The number of fused-ring (bicyclic) bond motifs is 1. The number of hydrogen-bond acceptors (Lipinski definition) is 4. The number of thiazole rings is 1. The van der Waals surface area contributed by atoms with Gasteiger partial charge in [-0.25, -0.2) is 9.37 Å². The summed E-state index contributed by atoms with van der Waals surface area (Å²) in [7, 11) is 0. The minimum atomic E-state index is -0.265. The van der Waals surface area contributed by atoms with E-state index in [0.29, 0.717) is 17.5 Å². The van der Waals surface area contributed by atoms with Crippen LogP contribution in [0.3, 0.4) is 0 Å². The first-order valence-electron chi connectivity index (χ1n) is 8.28. The van der Waals surface area contributed by atoms with Crippen LogP contribution in [-0.2, 0) is 11.4 Å². The fourth-order valence-corrected chi connectivity index (χ4v) is 3.83. The lowest BCUT2D eigenvalue weighted by Crippen LogP contribution is -2.22. The van der Waals surface area contributed by atoms with Crippen LogP contribution >= 0.6 is 27.3 Å². The van der Waals surface area contributed by atoms with E-state index in [1.54, 1.807) is 12.1 Å². The van der Waals surface area contributed by atoms with Crippen LogP contribution in [0.1, 0.15) is 25.3 Å². The molecule has 1 amide bonds. The van der Waals surface area contributed by atoms with Crippen molar-refractivity contribution in [3.05, 3.63) is 53.8 Å². The maximum atomic E-state index is 12.9. The van der Waals surface area contributed by atoms with E-state index in [2.05, 4.69) is 26.2 Å². The molecule has 3 rings (SSSR count). The van der Waals surface area contributed by atoms with Crippen molar-refractivity contribution in [3.63, 3.8) is 0 Å². The Morgan fingerprint density at radius 2 is 2.08 bits per heavy atom. The highest BCUT2D eigenvalue weighted by molar-refractivity contribution is 9.10.